The van der Waals surface area contributed by atoms with Gasteiger partial charge in [0.15, 0.2) is 5.11 Å². The van der Waals surface area contributed by atoms with Crippen molar-refractivity contribution in [2.24, 2.45) is 0 Å². The summed E-state index contributed by atoms with van der Waals surface area (Å²) in [5.74, 6) is 0. The standard InChI is InChI=1S/C19H15ClF3N3OS/c1-26(10-11-8-17(27)24-15-5-3-2-4-13(11)15)18(28)25-16-9-12(19(21,22)23)6-7-14(16)20/h2-9H,10H2,1H3,(H,24,27)(H,25,28). The fourth-order valence-corrected chi connectivity index (χ4v) is 3.08. The van der Waals surface area contributed by atoms with Gasteiger partial charge in [0.1, 0.15) is 0 Å². The van der Waals surface area contributed by atoms with Crippen molar-refractivity contribution >= 4 is 45.5 Å². The molecule has 1 aromatic heterocycles. The maximum atomic E-state index is 12.9. The number of hydrogen-bond donors (Lipinski definition) is 2. The monoisotopic (exact) mass is 425 g/mol. The van der Waals surface area contributed by atoms with Crippen LogP contribution in [-0.2, 0) is 12.7 Å². The molecule has 9 heteroatoms. The van der Waals surface area contributed by atoms with Crippen LogP contribution in [0.15, 0.2) is 53.3 Å². The van der Waals surface area contributed by atoms with Crippen LogP contribution in [0.2, 0.25) is 5.02 Å². The van der Waals surface area contributed by atoms with Crippen molar-refractivity contribution in [3.8, 4) is 0 Å². The molecule has 0 amide bonds. The lowest BCUT2D eigenvalue weighted by molar-refractivity contribution is -0.137. The van der Waals surface area contributed by atoms with E-state index in [9.17, 15) is 18.0 Å². The van der Waals surface area contributed by atoms with Crippen LogP contribution in [0.1, 0.15) is 11.1 Å². The van der Waals surface area contributed by atoms with E-state index >= 15 is 0 Å². The Labute approximate surface area is 168 Å². The normalized spacial score (nSPS) is 11.5. The third-order valence-corrected chi connectivity index (χ3v) is 4.87. The number of fused-ring (bicyclic) bond motifs is 1. The Kier molecular flexibility index (Phi) is 5.62. The summed E-state index contributed by atoms with van der Waals surface area (Å²) in [4.78, 5) is 16.2. The van der Waals surface area contributed by atoms with Gasteiger partial charge in [-0.15, -0.1) is 0 Å². The highest BCUT2D eigenvalue weighted by Crippen LogP contribution is 2.34. The molecule has 4 nitrogen and oxygen atoms in total. The van der Waals surface area contributed by atoms with Crippen LogP contribution in [0.25, 0.3) is 10.9 Å². The number of nitrogens with one attached hydrogen (secondary N) is 2. The maximum Gasteiger partial charge on any atom is 0.416 e. The van der Waals surface area contributed by atoms with Crippen molar-refractivity contribution in [1.29, 1.82) is 0 Å². The topological polar surface area (TPSA) is 48.1 Å². The average molecular weight is 426 g/mol. The summed E-state index contributed by atoms with van der Waals surface area (Å²) in [6.07, 6.45) is -4.49. The van der Waals surface area contributed by atoms with Crippen LogP contribution in [0.3, 0.4) is 0 Å². The number of para-hydroxylation sites is 1. The highest BCUT2D eigenvalue weighted by molar-refractivity contribution is 7.80. The van der Waals surface area contributed by atoms with Crippen molar-refractivity contribution in [2.45, 2.75) is 12.7 Å². The molecule has 0 spiro atoms. The maximum absolute atomic E-state index is 12.9. The zero-order chi connectivity index (χ0) is 20.5. The second-order valence-corrected chi connectivity index (χ2v) is 6.98. The smallest absolute Gasteiger partial charge is 0.348 e. The van der Waals surface area contributed by atoms with E-state index in [1.165, 1.54) is 12.1 Å². The molecule has 2 aromatic carbocycles. The number of aromatic nitrogens is 1. The summed E-state index contributed by atoms with van der Waals surface area (Å²) < 4.78 is 38.8. The Balaban J connectivity index is 1.82. The first-order valence-corrected chi connectivity index (χ1v) is 8.93. The summed E-state index contributed by atoms with van der Waals surface area (Å²) in [6, 6.07) is 11.8. The van der Waals surface area contributed by atoms with Crippen molar-refractivity contribution in [2.75, 3.05) is 12.4 Å². The van der Waals surface area contributed by atoms with Gasteiger partial charge in [-0.2, -0.15) is 13.2 Å². The molecule has 0 unspecified atom stereocenters. The number of aromatic amines is 1. The fourth-order valence-electron chi connectivity index (χ4n) is 2.74. The van der Waals surface area contributed by atoms with Crippen LogP contribution < -0.4 is 10.9 Å². The first-order valence-electron chi connectivity index (χ1n) is 8.15. The summed E-state index contributed by atoms with van der Waals surface area (Å²) >= 11 is 11.3. The summed E-state index contributed by atoms with van der Waals surface area (Å²) in [6.45, 7) is 0.285. The molecule has 1 heterocycles. The van der Waals surface area contributed by atoms with Crippen LogP contribution in [0.5, 0.6) is 0 Å². The fraction of sp³-hybridized carbons (Fsp3) is 0.158. The van der Waals surface area contributed by atoms with Gasteiger partial charge in [0.05, 0.1) is 16.3 Å². The lowest BCUT2D eigenvalue weighted by atomic mass is 10.1. The number of thiocarbonyl (C=S) groups is 1. The van der Waals surface area contributed by atoms with E-state index in [-0.39, 0.29) is 27.9 Å². The van der Waals surface area contributed by atoms with Gasteiger partial charge in [-0.1, -0.05) is 29.8 Å². The molecule has 0 atom stereocenters. The molecule has 0 saturated carbocycles. The minimum absolute atomic E-state index is 0.0594. The van der Waals surface area contributed by atoms with E-state index < -0.39 is 11.7 Å². The lowest BCUT2D eigenvalue weighted by Crippen LogP contribution is -2.31. The van der Waals surface area contributed by atoms with E-state index in [4.69, 9.17) is 23.8 Å². The molecule has 28 heavy (non-hydrogen) atoms. The number of benzene rings is 2. The zero-order valence-corrected chi connectivity index (χ0v) is 16.2. The first kappa shape index (κ1) is 20.2. The number of pyridine rings is 1. The third kappa shape index (κ3) is 4.45. The highest BCUT2D eigenvalue weighted by Gasteiger charge is 2.31. The van der Waals surface area contributed by atoms with Gasteiger partial charge in [-0.3, -0.25) is 4.79 Å². The van der Waals surface area contributed by atoms with Crippen molar-refractivity contribution in [1.82, 2.24) is 9.88 Å². The van der Waals surface area contributed by atoms with Crippen LogP contribution in [-0.4, -0.2) is 22.0 Å². The Morgan fingerprint density at radius 3 is 2.64 bits per heavy atom. The summed E-state index contributed by atoms with van der Waals surface area (Å²) in [5.41, 5.74) is 0.413. The second kappa shape index (κ2) is 7.81. The number of halogens is 4. The van der Waals surface area contributed by atoms with E-state index in [2.05, 4.69) is 10.3 Å². The molecule has 0 aliphatic rings. The van der Waals surface area contributed by atoms with E-state index in [0.29, 0.717) is 5.52 Å². The molecular formula is C19H15ClF3N3OS. The predicted octanol–water partition coefficient (Wildman–Crippen LogP) is 5.03. The van der Waals surface area contributed by atoms with Crippen LogP contribution >= 0.6 is 23.8 Å². The van der Waals surface area contributed by atoms with E-state index in [1.54, 1.807) is 18.0 Å². The highest BCUT2D eigenvalue weighted by atomic mass is 35.5. The largest absolute Gasteiger partial charge is 0.416 e. The van der Waals surface area contributed by atoms with Crippen molar-refractivity contribution in [3.63, 3.8) is 0 Å². The summed E-state index contributed by atoms with van der Waals surface area (Å²) in [5, 5.41) is 3.89. The number of H-pyrrole nitrogens is 1. The van der Waals surface area contributed by atoms with Crippen molar-refractivity contribution < 1.29 is 13.2 Å². The Morgan fingerprint density at radius 2 is 1.93 bits per heavy atom. The minimum Gasteiger partial charge on any atom is -0.348 e. The number of anilines is 1. The third-order valence-electron chi connectivity index (χ3n) is 4.13. The van der Waals surface area contributed by atoms with Crippen LogP contribution in [0, 0.1) is 0 Å². The molecule has 0 saturated heterocycles. The van der Waals surface area contributed by atoms with Gasteiger partial charge in [-0.05, 0) is 42.0 Å². The predicted molar refractivity (Wildman–Crippen MR) is 109 cm³/mol. The van der Waals surface area contributed by atoms with Gasteiger partial charge in [-0.25, -0.2) is 0 Å². The Morgan fingerprint density at radius 1 is 1.21 bits per heavy atom. The molecule has 0 aliphatic heterocycles. The molecule has 146 valence electrons. The minimum atomic E-state index is -4.49. The quantitative estimate of drug-likeness (QED) is 0.578. The Bertz CT molecular complexity index is 1100. The molecule has 3 rings (SSSR count). The number of hydrogen-bond acceptors (Lipinski definition) is 2. The number of rotatable bonds is 3. The van der Waals surface area contributed by atoms with Crippen molar-refractivity contribution in [3.05, 3.63) is 75.0 Å². The molecule has 0 fully saturated rings. The van der Waals surface area contributed by atoms with Gasteiger partial charge in [0.2, 0.25) is 5.56 Å². The SMILES string of the molecule is CN(Cc1cc(=O)[nH]c2ccccc12)C(=S)Nc1cc(C(F)(F)F)ccc1Cl. The molecular weight excluding hydrogens is 411 g/mol. The average Bonchev–Trinajstić information content (AvgIpc) is 2.62. The van der Waals surface area contributed by atoms with E-state index in [0.717, 1.165) is 23.1 Å². The van der Waals surface area contributed by atoms with Gasteiger partial charge in [0.25, 0.3) is 0 Å². The number of alkyl halides is 3. The molecule has 0 aliphatic carbocycles. The molecule has 3 aromatic rings. The first-order chi connectivity index (χ1) is 13.1. The van der Waals surface area contributed by atoms with E-state index in [1.807, 2.05) is 18.2 Å². The van der Waals surface area contributed by atoms with Gasteiger partial charge < -0.3 is 15.2 Å². The lowest BCUT2D eigenvalue weighted by Gasteiger charge is -2.22. The summed E-state index contributed by atoms with van der Waals surface area (Å²) in [7, 11) is 1.67. The Hall–Kier alpha value is -2.58. The second-order valence-electron chi connectivity index (χ2n) is 6.18. The van der Waals surface area contributed by atoms with Gasteiger partial charge in [0, 0.05) is 30.6 Å². The van der Waals surface area contributed by atoms with Crippen LogP contribution in [0.4, 0.5) is 18.9 Å². The molecule has 2 N–H and O–H groups in total. The van der Waals surface area contributed by atoms with Gasteiger partial charge >= 0.3 is 6.18 Å². The zero-order valence-electron chi connectivity index (χ0n) is 14.6. The number of nitrogens with zero attached hydrogens (tertiary/aromatic N) is 1. The molecule has 0 bridgehead atoms. The molecule has 0 radical (unpaired) electrons.